The largest absolute Gasteiger partial charge is 0.418 e. The lowest BCUT2D eigenvalue weighted by Gasteiger charge is -2.23. The van der Waals surface area contributed by atoms with E-state index in [-0.39, 0.29) is 24.1 Å². The number of carbonyl (C=O) groups excluding carboxylic acids is 1. The monoisotopic (exact) mass is 338 g/mol. The minimum Gasteiger partial charge on any atom is -0.369 e. The van der Waals surface area contributed by atoms with E-state index in [1.807, 2.05) is 0 Å². The highest BCUT2D eigenvalue weighted by Gasteiger charge is 2.36. The summed E-state index contributed by atoms with van der Waals surface area (Å²) in [7, 11) is 0. The number of nitrogens with one attached hydrogen (secondary N) is 2. The van der Waals surface area contributed by atoms with Gasteiger partial charge >= 0.3 is 6.18 Å². The molecule has 2 aromatic rings. The van der Waals surface area contributed by atoms with Crippen LogP contribution in [0.5, 0.6) is 0 Å². The van der Waals surface area contributed by atoms with Crippen molar-refractivity contribution >= 4 is 11.6 Å². The van der Waals surface area contributed by atoms with Gasteiger partial charge in [0.25, 0.3) is 0 Å². The molecule has 1 amide bonds. The summed E-state index contributed by atoms with van der Waals surface area (Å²) in [4.78, 5) is 13.6. The van der Waals surface area contributed by atoms with E-state index in [9.17, 15) is 18.0 Å². The van der Waals surface area contributed by atoms with Gasteiger partial charge < -0.3 is 10.2 Å². The molecule has 0 saturated carbocycles. The van der Waals surface area contributed by atoms with Gasteiger partial charge in [-0.3, -0.25) is 9.89 Å². The first kappa shape index (κ1) is 16.4. The zero-order valence-corrected chi connectivity index (χ0v) is 12.8. The van der Waals surface area contributed by atoms with Crippen LogP contribution in [0.15, 0.2) is 36.5 Å². The van der Waals surface area contributed by atoms with E-state index >= 15 is 0 Å². The maximum Gasteiger partial charge on any atom is 0.418 e. The smallest absolute Gasteiger partial charge is 0.369 e. The molecule has 1 aliphatic rings. The zero-order valence-electron chi connectivity index (χ0n) is 12.8. The minimum atomic E-state index is -4.39. The van der Waals surface area contributed by atoms with Crippen LogP contribution in [-0.2, 0) is 17.4 Å². The van der Waals surface area contributed by atoms with Crippen molar-refractivity contribution in [2.45, 2.75) is 25.1 Å². The van der Waals surface area contributed by atoms with E-state index < -0.39 is 11.7 Å². The molecule has 1 aromatic heterocycles. The molecule has 1 atom stereocenters. The topological polar surface area (TPSA) is 61.0 Å². The molecule has 2 heterocycles. The van der Waals surface area contributed by atoms with E-state index in [0.717, 1.165) is 6.07 Å². The van der Waals surface area contributed by atoms with Crippen LogP contribution >= 0.6 is 0 Å². The van der Waals surface area contributed by atoms with Crippen LogP contribution in [-0.4, -0.2) is 35.2 Å². The fraction of sp³-hybridized carbons (Fsp3) is 0.375. The third-order valence-corrected chi connectivity index (χ3v) is 4.01. The number of hydrogen-bond donors (Lipinski definition) is 2. The fourth-order valence-electron chi connectivity index (χ4n) is 2.92. The summed E-state index contributed by atoms with van der Waals surface area (Å²) < 4.78 is 39.3. The lowest BCUT2D eigenvalue weighted by atomic mass is 10.1. The molecule has 1 aliphatic heterocycles. The fourth-order valence-corrected chi connectivity index (χ4v) is 2.92. The van der Waals surface area contributed by atoms with Crippen molar-refractivity contribution in [3.05, 3.63) is 47.8 Å². The summed E-state index contributed by atoms with van der Waals surface area (Å²) in [5, 5.41) is 9.34. The first-order valence-corrected chi connectivity index (χ1v) is 7.62. The van der Waals surface area contributed by atoms with Crippen LogP contribution in [0.25, 0.3) is 0 Å². The summed E-state index contributed by atoms with van der Waals surface area (Å²) in [6.45, 7) is 0.837. The van der Waals surface area contributed by atoms with Crippen molar-refractivity contribution < 1.29 is 18.0 Å². The van der Waals surface area contributed by atoms with Crippen LogP contribution in [0.2, 0.25) is 0 Å². The molecular formula is C16H17F3N4O. The lowest BCUT2D eigenvalue weighted by molar-refractivity contribution is -0.137. The number of amides is 1. The Hall–Kier alpha value is -2.51. The number of alkyl halides is 3. The normalized spacial score (nSPS) is 18.0. The average molecular weight is 338 g/mol. The Bertz CT molecular complexity index is 700. The second-order valence-corrected chi connectivity index (χ2v) is 5.77. The summed E-state index contributed by atoms with van der Waals surface area (Å²) in [5.74, 6) is -0.171. The predicted octanol–water partition coefficient (Wildman–Crippen LogP) is 2.37. The van der Waals surface area contributed by atoms with E-state index in [1.165, 1.54) is 12.1 Å². The molecule has 0 spiro atoms. The maximum atomic E-state index is 13.1. The molecule has 1 aromatic carbocycles. The molecule has 0 bridgehead atoms. The average Bonchev–Trinajstić information content (AvgIpc) is 3.18. The molecule has 0 unspecified atom stereocenters. The number of hydrogen-bond acceptors (Lipinski definition) is 3. The molecule has 0 aliphatic carbocycles. The number of benzene rings is 1. The number of para-hydroxylation sites is 1. The number of aromatic amines is 1. The second kappa shape index (κ2) is 6.54. The third kappa shape index (κ3) is 3.69. The van der Waals surface area contributed by atoms with Crippen LogP contribution in [0.4, 0.5) is 18.9 Å². The van der Waals surface area contributed by atoms with Gasteiger partial charge in [0.15, 0.2) is 0 Å². The molecular weight excluding hydrogens is 321 g/mol. The second-order valence-electron chi connectivity index (χ2n) is 5.77. The van der Waals surface area contributed by atoms with Gasteiger partial charge in [0, 0.05) is 36.7 Å². The van der Waals surface area contributed by atoms with Gasteiger partial charge in [0.05, 0.1) is 12.0 Å². The van der Waals surface area contributed by atoms with Crippen LogP contribution in [0.3, 0.4) is 0 Å². The summed E-state index contributed by atoms with van der Waals surface area (Å²) in [6.07, 6.45) is -2.04. The molecule has 128 valence electrons. The molecule has 0 radical (unpaired) electrons. The molecule has 8 heteroatoms. The number of aromatic nitrogens is 2. The number of H-pyrrole nitrogens is 1. The molecule has 3 rings (SSSR count). The summed E-state index contributed by atoms with van der Waals surface area (Å²) in [5.41, 5.74) is 0.217. The van der Waals surface area contributed by atoms with Crippen LogP contribution in [0, 0.1) is 0 Å². The lowest BCUT2D eigenvalue weighted by Crippen LogP contribution is -2.38. The van der Waals surface area contributed by atoms with Gasteiger partial charge in [-0.15, -0.1) is 0 Å². The van der Waals surface area contributed by atoms with Crippen molar-refractivity contribution in [1.29, 1.82) is 0 Å². The molecule has 5 nitrogen and oxygen atoms in total. The number of nitrogens with zero attached hydrogens (tertiary/aromatic N) is 2. The number of halogens is 3. The Morgan fingerprint density at radius 3 is 2.83 bits per heavy atom. The van der Waals surface area contributed by atoms with E-state index in [4.69, 9.17) is 0 Å². The Labute approximate surface area is 136 Å². The van der Waals surface area contributed by atoms with Gasteiger partial charge in [0.2, 0.25) is 5.91 Å². The van der Waals surface area contributed by atoms with Gasteiger partial charge in [0.1, 0.15) is 0 Å². The van der Waals surface area contributed by atoms with Crippen molar-refractivity contribution in [3.63, 3.8) is 0 Å². The quantitative estimate of drug-likeness (QED) is 0.900. The molecule has 24 heavy (non-hydrogen) atoms. The van der Waals surface area contributed by atoms with Crippen molar-refractivity contribution in [2.75, 3.05) is 18.0 Å². The van der Waals surface area contributed by atoms with Gasteiger partial charge in [-0.2, -0.15) is 18.3 Å². The van der Waals surface area contributed by atoms with Crippen LogP contribution in [0.1, 0.15) is 17.7 Å². The van der Waals surface area contributed by atoms with Crippen molar-refractivity contribution in [1.82, 2.24) is 15.5 Å². The van der Waals surface area contributed by atoms with E-state index in [1.54, 1.807) is 23.2 Å². The van der Waals surface area contributed by atoms with Gasteiger partial charge in [-0.05, 0) is 24.6 Å². The third-order valence-electron chi connectivity index (χ3n) is 4.01. The number of carbonyl (C=O) groups is 1. The molecule has 1 fully saturated rings. The first-order valence-electron chi connectivity index (χ1n) is 7.62. The molecule has 2 N–H and O–H groups in total. The Balaban J connectivity index is 1.63. The zero-order chi connectivity index (χ0) is 17.2. The maximum absolute atomic E-state index is 13.1. The van der Waals surface area contributed by atoms with Gasteiger partial charge in [-0.25, -0.2) is 0 Å². The minimum absolute atomic E-state index is 0.162. The Kier molecular flexibility index (Phi) is 4.46. The SMILES string of the molecule is O=C(Cc1ccn[nH]1)N[C@H]1CCN(c2ccccc2C(F)(F)F)C1. The number of anilines is 1. The van der Waals surface area contributed by atoms with Crippen LogP contribution < -0.4 is 10.2 Å². The van der Waals surface area contributed by atoms with Crippen molar-refractivity contribution in [3.8, 4) is 0 Å². The Morgan fingerprint density at radius 1 is 1.33 bits per heavy atom. The standard InChI is InChI=1S/C16H17F3N4O/c17-16(18,19)13-3-1-2-4-14(13)23-8-6-12(10-23)21-15(24)9-11-5-7-20-22-11/h1-5,7,12H,6,8-10H2,(H,20,22)(H,21,24)/t12-/m0/s1. The van der Waals surface area contributed by atoms with E-state index in [0.29, 0.717) is 25.2 Å². The highest BCUT2D eigenvalue weighted by molar-refractivity contribution is 5.78. The Morgan fingerprint density at radius 2 is 2.12 bits per heavy atom. The molecule has 1 saturated heterocycles. The van der Waals surface area contributed by atoms with E-state index in [2.05, 4.69) is 15.5 Å². The summed E-state index contributed by atoms with van der Waals surface area (Å²) >= 11 is 0. The number of rotatable bonds is 4. The van der Waals surface area contributed by atoms with Gasteiger partial charge in [-0.1, -0.05) is 12.1 Å². The van der Waals surface area contributed by atoms with Crippen molar-refractivity contribution in [2.24, 2.45) is 0 Å². The first-order chi connectivity index (χ1) is 11.4. The highest BCUT2D eigenvalue weighted by atomic mass is 19.4. The predicted molar refractivity (Wildman–Crippen MR) is 82.5 cm³/mol. The highest BCUT2D eigenvalue weighted by Crippen LogP contribution is 2.37. The summed E-state index contributed by atoms with van der Waals surface area (Å²) in [6, 6.07) is 7.07.